The third-order valence-electron chi connectivity index (χ3n) is 2.96. The van der Waals surface area contributed by atoms with Gasteiger partial charge in [-0.1, -0.05) is 12.1 Å². The van der Waals surface area contributed by atoms with Crippen molar-refractivity contribution in [2.75, 3.05) is 26.2 Å². The largest absolute Gasteiger partial charge is 0.492 e. The maximum absolute atomic E-state index is 11.3. The second-order valence-electron chi connectivity index (χ2n) is 4.43. The first-order valence-electron chi connectivity index (χ1n) is 6.18. The van der Waals surface area contributed by atoms with Gasteiger partial charge in [0.2, 0.25) is 0 Å². The molecule has 1 aromatic rings. The number of nitrogens with one attached hydrogen (secondary N) is 1. The lowest BCUT2D eigenvalue weighted by Crippen LogP contribution is -2.31. The van der Waals surface area contributed by atoms with Crippen LogP contribution in [0.5, 0.6) is 5.75 Å². The van der Waals surface area contributed by atoms with Crippen molar-refractivity contribution < 1.29 is 9.53 Å². The Balaban J connectivity index is 1.82. The fourth-order valence-electron chi connectivity index (χ4n) is 1.89. The van der Waals surface area contributed by atoms with Crippen LogP contribution in [0.2, 0.25) is 0 Å². The molecule has 5 heteroatoms. The zero-order valence-electron chi connectivity index (χ0n) is 10.6. The molecular formula is C13H19N3O2. The van der Waals surface area contributed by atoms with Gasteiger partial charge < -0.3 is 20.7 Å². The average molecular weight is 249 g/mol. The normalized spacial score (nSPS) is 16.6. The maximum atomic E-state index is 11.3. The Kier molecular flexibility index (Phi) is 4.04. The lowest BCUT2D eigenvalue weighted by molar-refractivity contribution is 0.202. The number of amides is 2. The Morgan fingerprint density at radius 2 is 2.39 bits per heavy atom. The van der Waals surface area contributed by atoms with Gasteiger partial charge in [0.05, 0.1) is 6.54 Å². The van der Waals surface area contributed by atoms with Crippen molar-refractivity contribution in [2.45, 2.75) is 13.0 Å². The van der Waals surface area contributed by atoms with E-state index in [1.165, 1.54) is 0 Å². The number of carbonyl (C=O) groups is 1. The van der Waals surface area contributed by atoms with Crippen LogP contribution >= 0.6 is 0 Å². The Morgan fingerprint density at radius 1 is 1.56 bits per heavy atom. The van der Waals surface area contributed by atoms with E-state index >= 15 is 0 Å². The molecule has 1 saturated heterocycles. The summed E-state index contributed by atoms with van der Waals surface area (Å²) in [6.07, 6.45) is 0. The number of hydrogen-bond donors (Lipinski definition) is 2. The van der Waals surface area contributed by atoms with Gasteiger partial charge in [0, 0.05) is 19.1 Å². The molecule has 1 aliphatic heterocycles. The predicted molar refractivity (Wildman–Crippen MR) is 69.5 cm³/mol. The highest BCUT2D eigenvalue weighted by Crippen LogP contribution is 2.17. The zero-order chi connectivity index (χ0) is 13.0. The van der Waals surface area contributed by atoms with Crippen molar-refractivity contribution in [1.29, 1.82) is 0 Å². The summed E-state index contributed by atoms with van der Waals surface area (Å²) < 4.78 is 5.63. The van der Waals surface area contributed by atoms with Crippen LogP contribution in [0.1, 0.15) is 18.5 Å². The van der Waals surface area contributed by atoms with E-state index in [-0.39, 0.29) is 12.1 Å². The molecule has 1 aliphatic rings. The highest BCUT2D eigenvalue weighted by molar-refractivity contribution is 5.76. The highest BCUT2D eigenvalue weighted by atomic mass is 16.5. The van der Waals surface area contributed by atoms with E-state index in [2.05, 4.69) is 5.32 Å². The third kappa shape index (κ3) is 3.13. The van der Waals surface area contributed by atoms with Crippen LogP contribution < -0.4 is 15.8 Å². The van der Waals surface area contributed by atoms with E-state index in [9.17, 15) is 4.79 Å². The van der Waals surface area contributed by atoms with Gasteiger partial charge in [-0.25, -0.2) is 4.79 Å². The minimum atomic E-state index is -0.0112. The zero-order valence-corrected chi connectivity index (χ0v) is 10.6. The van der Waals surface area contributed by atoms with Gasteiger partial charge >= 0.3 is 6.03 Å². The molecule has 1 unspecified atom stereocenters. The van der Waals surface area contributed by atoms with Crippen LogP contribution in [0, 0.1) is 0 Å². The number of nitrogens with two attached hydrogens (primary N) is 1. The topological polar surface area (TPSA) is 67.6 Å². The Hall–Kier alpha value is -1.75. The molecule has 0 bridgehead atoms. The van der Waals surface area contributed by atoms with Crippen LogP contribution in [0.4, 0.5) is 4.79 Å². The molecule has 0 aliphatic carbocycles. The molecule has 2 amide bonds. The monoisotopic (exact) mass is 249 g/mol. The molecule has 18 heavy (non-hydrogen) atoms. The van der Waals surface area contributed by atoms with Gasteiger partial charge in [0.1, 0.15) is 12.4 Å². The van der Waals surface area contributed by atoms with Crippen LogP contribution in [0.25, 0.3) is 0 Å². The summed E-state index contributed by atoms with van der Waals surface area (Å²) >= 11 is 0. The van der Waals surface area contributed by atoms with Crippen molar-refractivity contribution in [1.82, 2.24) is 10.2 Å². The number of nitrogens with zero attached hydrogens (tertiary/aromatic N) is 1. The number of hydrogen-bond acceptors (Lipinski definition) is 3. The summed E-state index contributed by atoms with van der Waals surface area (Å²) in [6.45, 7) is 4.51. The van der Waals surface area contributed by atoms with Crippen LogP contribution in [-0.2, 0) is 0 Å². The van der Waals surface area contributed by atoms with E-state index in [0.717, 1.165) is 24.4 Å². The number of urea groups is 1. The molecule has 0 radical (unpaired) electrons. The molecule has 98 valence electrons. The maximum Gasteiger partial charge on any atom is 0.317 e. The van der Waals surface area contributed by atoms with Crippen LogP contribution in [-0.4, -0.2) is 37.2 Å². The van der Waals surface area contributed by atoms with Crippen molar-refractivity contribution in [3.05, 3.63) is 29.8 Å². The molecule has 1 fully saturated rings. The molecular weight excluding hydrogens is 230 g/mol. The van der Waals surface area contributed by atoms with Crippen molar-refractivity contribution in [2.24, 2.45) is 5.73 Å². The summed E-state index contributed by atoms with van der Waals surface area (Å²) in [5.74, 6) is 0.796. The van der Waals surface area contributed by atoms with Crippen LogP contribution in [0.15, 0.2) is 24.3 Å². The number of benzene rings is 1. The van der Waals surface area contributed by atoms with Crippen molar-refractivity contribution in [3.63, 3.8) is 0 Å². The first-order chi connectivity index (χ1) is 8.66. The standard InChI is InChI=1S/C13H19N3O2/c1-10(14)11-3-2-4-12(9-11)18-8-7-16-6-5-15-13(16)17/h2-4,9-10H,5-8,14H2,1H3,(H,15,17). The fourth-order valence-corrected chi connectivity index (χ4v) is 1.89. The minimum absolute atomic E-state index is 0.00194. The molecule has 0 spiro atoms. The summed E-state index contributed by atoms with van der Waals surface area (Å²) in [7, 11) is 0. The van der Waals surface area contributed by atoms with Gasteiger partial charge in [-0.05, 0) is 24.6 Å². The van der Waals surface area contributed by atoms with Crippen molar-refractivity contribution >= 4 is 6.03 Å². The third-order valence-corrected chi connectivity index (χ3v) is 2.96. The lowest BCUT2D eigenvalue weighted by Gasteiger charge is -2.15. The summed E-state index contributed by atoms with van der Waals surface area (Å²) in [6, 6.07) is 7.73. The van der Waals surface area contributed by atoms with E-state index in [1.54, 1.807) is 4.90 Å². The smallest absolute Gasteiger partial charge is 0.317 e. The molecule has 0 saturated carbocycles. The molecule has 3 N–H and O–H groups in total. The first kappa shape index (κ1) is 12.7. The molecule has 0 aromatic heterocycles. The first-order valence-corrected chi connectivity index (χ1v) is 6.18. The molecule has 1 atom stereocenters. The molecule has 1 aromatic carbocycles. The summed E-state index contributed by atoms with van der Waals surface area (Å²) in [5.41, 5.74) is 6.86. The fraction of sp³-hybridized carbons (Fsp3) is 0.462. The lowest BCUT2D eigenvalue weighted by atomic mass is 10.1. The average Bonchev–Trinajstić information content (AvgIpc) is 2.76. The number of ether oxygens (including phenoxy) is 1. The Morgan fingerprint density at radius 3 is 3.06 bits per heavy atom. The highest BCUT2D eigenvalue weighted by Gasteiger charge is 2.18. The van der Waals surface area contributed by atoms with Crippen molar-refractivity contribution in [3.8, 4) is 5.75 Å². The van der Waals surface area contributed by atoms with Gasteiger partial charge in [0.15, 0.2) is 0 Å². The van der Waals surface area contributed by atoms with Gasteiger partial charge in [-0.3, -0.25) is 0 Å². The second kappa shape index (κ2) is 5.73. The minimum Gasteiger partial charge on any atom is -0.492 e. The van der Waals surface area contributed by atoms with E-state index in [1.807, 2.05) is 31.2 Å². The molecule has 2 rings (SSSR count). The van der Waals surface area contributed by atoms with Crippen LogP contribution in [0.3, 0.4) is 0 Å². The van der Waals surface area contributed by atoms with E-state index in [0.29, 0.717) is 13.2 Å². The quantitative estimate of drug-likeness (QED) is 0.821. The second-order valence-corrected chi connectivity index (χ2v) is 4.43. The summed E-state index contributed by atoms with van der Waals surface area (Å²) in [4.78, 5) is 13.0. The van der Waals surface area contributed by atoms with Gasteiger partial charge in [0.25, 0.3) is 0 Å². The SMILES string of the molecule is CC(N)c1cccc(OCCN2CCNC2=O)c1. The van der Waals surface area contributed by atoms with Gasteiger partial charge in [-0.2, -0.15) is 0 Å². The number of carbonyl (C=O) groups excluding carboxylic acids is 1. The molecule has 5 nitrogen and oxygen atoms in total. The van der Waals surface area contributed by atoms with Gasteiger partial charge in [-0.15, -0.1) is 0 Å². The predicted octanol–water partition coefficient (Wildman–Crippen LogP) is 1.11. The summed E-state index contributed by atoms with van der Waals surface area (Å²) in [5, 5.41) is 2.76. The Labute approximate surface area is 107 Å². The van der Waals surface area contributed by atoms with E-state index < -0.39 is 0 Å². The van der Waals surface area contributed by atoms with E-state index in [4.69, 9.17) is 10.5 Å². The molecule has 1 heterocycles. The Bertz CT molecular complexity index is 420. The number of rotatable bonds is 5.